The third-order valence-corrected chi connectivity index (χ3v) is 6.97. The topological polar surface area (TPSA) is 78.5 Å². The molecule has 1 aliphatic heterocycles. The van der Waals surface area contributed by atoms with Crippen molar-refractivity contribution in [2.45, 2.75) is 31.1 Å². The molecule has 1 saturated heterocycles. The van der Waals surface area contributed by atoms with Crippen LogP contribution in [0, 0.1) is 18.7 Å². The lowest BCUT2D eigenvalue weighted by molar-refractivity contribution is 0.180. The Labute approximate surface area is 181 Å². The Morgan fingerprint density at radius 2 is 1.93 bits per heavy atom. The molecule has 0 saturated carbocycles. The van der Waals surface area contributed by atoms with Gasteiger partial charge in [-0.2, -0.15) is 0 Å². The van der Waals surface area contributed by atoms with Gasteiger partial charge in [0, 0.05) is 25.3 Å². The van der Waals surface area contributed by atoms with Crippen LogP contribution in [0.25, 0.3) is 0 Å². The van der Waals surface area contributed by atoms with Crippen LogP contribution in [0.2, 0.25) is 5.02 Å². The number of nitrogens with zero attached hydrogens (tertiary/aromatic N) is 1. The molecule has 2 aromatic carbocycles. The van der Waals surface area contributed by atoms with E-state index < -0.39 is 15.8 Å². The van der Waals surface area contributed by atoms with E-state index in [1.54, 1.807) is 4.90 Å². The molecule has 0 aromatic heterocycles. The van der Waals surface area contributed by atoms with Crippen molar-refractivity contribution in [1.29, 1.82) is 0 Å². The van der Waals surface area contributed by atoms with Gasteiger partial charge in [-0.15, -0.1) is 0 Å². The molecule has 162 valence electrons. The number of benzene rings is 2. The van der Waals surface area contributed by atoms with Crippen molar-refractivity contribution in [2.75, 3.05) is 25.0 Å². The van der Waals surface area contributed by atoms with Gasteiger partial charge in [0.1, 0.15) is 5.82 Å². The van der Waals surface area contributed by atoms with Crippen LogP contribution < -0.4 is 10.0 Å². The lowest BCUT2D eigenvalue weighted by Crippen LogP contribution is -2.41. The zero-order valence-corrected chi connectivity index (χ0v) is 18.3. The van der Waals surface area contributed by atoms with Crippen LogP contribution in [-0.2, 0) is 10.0 Å². The standard InChI is InChI=1S/C21H25ClFN3O3S/c1-15-3-2-4-17(13-15)25-21(27)26-11-8-16(9-12-26)7-10-24-30(28,29)18-5-6-20(23)19(22)14-18/h2-6,13-14,16,24H,7-12H2,1H3,(H,25,27). The third-order valence-electron chi connectivity index (χ3n) is 5.22. The van der Waals surface area contributed by atoms with Crippen LogP contribution >= 0.6 is 11.6 Å². The molecule has 0 radical (unpaired) electrons. The summed E-state index contributed by atoms with van der Waals surface area (Å²) in [5.74, 6) is -0.332. The first-order valence-corrected chi connectivity index (χ1v) is 11.7. The zero-order valence-electron chi connectivity index (χ0n) is 16.7. The van der Waals surface area contributed by atoms with Gasteiger partial charge in [-0.1, -0.05) is 23.7 Å². The number of urea groups is 1. The molecule has 9 heteroatoms. The molecule has 0 unspecified atom stereocenters. The van der Waals surface area contributed by atoms with Crippen LogP contribution in [0.15, 0.2) is 47.4 Å². The predicted molar refractivity (Wildman–Crippen MR) is 116 cm³/mol. The van der Waals surface area contributed by atoms with Crippen molar-refractivity contribution < 1.29 is 17.6 Å². The van der Waals surface area contributed by atoms with Crippen molar-refractivity contribution in [3.63, 3.8) is 0 Å². The summed E-state index contributed by atoms with van der Waals surface area (Å²) >= 11 is 5.67. The lowest BCUT2D eigenvalue weighted by Gasteiger charge is -2.32. The SMILES string of the molecule is Cc1cccc(NC(=O)N2CCC(CCNS(=O)(=O)c3ccc(F)c(Cl)c3)CC2)c1. The smallest absolute Gasteiger partial charge is 0.321 e. The Morgan fingerprint density at radius 3 is 2.60 bits per heavy atom. The Kier molecular flexibility index (Phi) is 7.33. The third kappa shape index (κ3) is 5.93. The fourth-order valence-electron chi connectivity index (χ4n) is 3.47. The maximum absolute atomic E-state index is 13.2. The number of rotatable bonds is 6. The van der Waals surface area contributed by atoms with Crippen molar-refractivity contribution >= 4 is 33.3 Å². The fraction of sp³-hybridized carbons (Fsp3) is 0.381. The fourth-order valence-corrected chi connectivity index (χ4v) is 4.79. The molecule has 1 aliphatic rings. The van der Waals surface area contributed by atoms with Crippen LogP contribution in [-0.4, -0.2) is 39.0 Å². The van der Waals surface area contributed by atoms with Gasteiger partial charge < -0.3 is 10.2 Å². The maximum Gasteiger partial charge on any atom is 0.321 e. The number of halogens is 2. The summed E-state index contributed by atoms with van der Waals surface area (Å²) < 4.78 is 40.4. The number of sulfonamides is 1. The summed E-state index contributed by atoms with van der Waals surface area (Å²) in [7, 11) is -3.74. The second-order valence-electron chi connectivity index (χ2n) is 7.49. The number of hydrogen-bond acceptors (Lipinski definition) is 3. The van der Waals surface area contributed by atoms with E-state index >= 15 is 0 Å². The maximum atomic E-state index is 13.2. The molecule has 1 heterocycles. The van der Waals surface area contributed by atoms with Gasteiger partial charge in [0.25, 0.3) is 0 Å². The first-order valence-electron chi connectivity index (χ1n) is 9.82. The lowest BCUT2D eigenvalue weighted by atomic mass is 9.94. The van der Waals surface area contributed by atoms with Crippen LogP contribution in [0.1, 0.15) is 24.8 Å². The minimum absolute atomic E-state index is 0.0588. The molecule has 2 amide bonds. The molecule has 6 nitrogen and oxygen atoms in total. The normalized spacial score (nSPS) is 15.2. The van der Waals surface area contributed by atoms with E-state index in [9.17, 15) is 17.6 Å². The van der Waals surface area contributed by atoms with Crippen LogP contribution in [0.3, 0.4) is 0 Å². The molecule has 0 bridgehead atoms. The van der Waals surface area contributed by atoms with Gasteiger partial charge >= 0.3 is 6.03 Å². The highest BCUT2D eigenvalue weighted by molar-refractivity contribution is 7.89. The van der Waals surface area contributed by atoms with Crippen LogP contribution in [0.4, 0.5) is 14.9 Å². The van der Waals surface area contributed by atoms with Crippen molar-refractivity contribution in [3.8, 4) is 0 Å². The summed E-state index contributed by atoms with van der Waals surface area (Å²) in [4.78, 5) is 14.1. The number of carbonyl (C=O) groups excluding carboxylic acids is 1. The number of likely N-dealkylation sites (tertiary alicyclic amines) is 1. The monoisotopic (exact) mass is 453 g/mol. The molecule has 0 atom stereocenters. The number of carbonyl (C=O) groups is 1. The van der Waals surface area contributed by atoms with E-state index in [4.69, 9.17) is 11.6 Å². The van der Waals surface area contributed by atoms with Gasteiger partial charge in [-0.3, -0.25) is 0 Å². The number of piperidine rings is 1. The average molecular weight is 454 g/mol. The largest absolute Gasteiger partial charge is 0.325 e. The van der Waals surface area contributed by atoms with Crippen molar-refractivity contribution in [1.82, 2.24) is 9.62 Å². The summed E-state index contributed by atoms with van der Waals surface area (Å²) in [5.41, 5.74) is 1.86. The summed E-state index contributed by atoms with van der Waals surface area (Å²) in [6, 6.07) is 10.9. The summed E-state index contributed by atoms with van der Waals surface area (Å²) in [6.07, 6.45) is 2.29. The predicted octanol–water partition coefficient (Wildman–Crippen LogP) is 4.40. The molecule has 1 fully saturated rings. The minimum Gasteiger partial charge on any atom is -0.325 e. The molecule has 3 rings (SSSR count). The molecular formula is C21H25ClFN3O3S. The van der Waals surface area contributed by atoms with E-state index in [1.165, 1.54) is 6.07 Å². The number of hydrogen-bond donors (Lipinski definition) is 2. The number of anilines is 1. The highest BCUT2D eigenvalue weighted by Crippen LogP contribution is 2.22. The Bertz CT molecular complexity index is 1010. The van der Waals surface area contributed by atoms with E-state index in [1.807, 2.05) is 31.2 Å². The van der Waals surface area contributed by atoms with E-state index in [-0.39, 0.29) is 22.5 Å². The van der Waals surface area contributed by atoms with Gasteiger partial charge in [0.05, 0.1) is 9.92 Å². The zero-order chi connectivity index (χ0) is 21.7. The Morgan fingerprint density at radius 1 is 1.20 bits per heavy atom. The highest BCUT2D eigenvalue weighted by Gasteiger charge is 2.23. The number of nitrogens with one attached hydrogen (secondary N) is 2. The minimum atomic E-state index is -3.74. The van der Waals surface area contributed by atoms with Gasteiger partial charge in [0.15, 0.2) is 0 Å². The van der Waals surface area contributed by atoms with E-state index in [2.05, 4.69) is 10.0 Å². The second-order valence-corrected chi connectivity index (χ2v) is 9.67. The van der Waals surface area contributed by atoms with Gasteiger partial charge in [-0.25, -0.2) is 22.3 Å². The van der Waals surface area contributed by atoms with Gasteiger partial charge in [-0.05, 0) is 68.0 Å². The average Bonchev–Trinajstić information content (AvgIpc) is 2.70. The number of aryl methyl sites for hydroxylation is 1. The molecule has 2 aromatic rings. The summed E-state index contributed by atoms with van der Waals surface area (Å²) in [6.45, 7) is 3.50. The van der Waals surface area contributed by atoms with Crippen molar-refractivity contribution in [3.05, 3.63) is 58.9 Å². The van der Waals surface area contributed by atoms with Crippen LogP contribution in [0.5, 0.6) is 0 Å². The first kappa shape index (κ1) is 22.5. The molecule has 2 N–H and O–H groups in total. The van der Waals surface area contributed by atoms with Crippen molar-refractivity contribution in [2.24, 2.45) is 5.92 Å². The van der Waals surface area contributed by atoms with E-state index in [0.717, 1.165) is 36.2 Å². The molecule has 30 heavy (non-hydrogen) atoms. The molecule has 0 aliphatic carbocycles. The molecular weight excluding hydrogens is 429 g/mol. The quantitative estimate of drug-likeness (QED) is 0.680. The Balaban J connectivity index is 1.43. The number of amides is 2. The van der Waals surface area contributed by atoms with E-state index in [0.29, 0.717) is 25.4 Å². The van der Waals surface area contributed by atoms with Gasteiger partial charge in [0.2, 0.25) is 10.0 Å². The first-order chi connectivity index (χ1) is 14.2. The summed E-state index contributed by atoms with van der Waals surface area (Å²) in [5, 5.41) is 2.69. The second kappa shape index (κ2) is 9.76. The highest BCUT2D eigenvalue weighted by atomic mass is 35.5. The Hall–Kier alpha value is -2.16. The molecule has 0 spiro atoms.